The third-order valence-corrected chi connectivity index (χ3v) is 2.52. The van der Waals surface area contributed by atoms with Crippen molar-refractivity contribution in [2.75, 3.05) is 6.54 Å². The number of carbonyl (C=O) groups is 1. The highest BCUT2D eigenvalue weighted by molar-refractivity contribution is 5.84. The molecule has 1 aromatic rings. The van der Waals surface area contributed by atoms with E-state index in [1.54, 1.807) is 6.07 Å². The van der Waals surface area contributed by atoms with Crippen molar-refractivity contribution in [3.05, 3.63) is 23.2 Å². The first-order chi connectivity index (χ1) is 6.50. The molecule has 0 saturated heterocycles. The van der Waals surface area contributed by atoms with Gasteiger partial charge in [0.25, 0.3) is 0 Å². The molecule has 0 atom stereocenters. The first-order valence-corrected chi connectivity index (χ1v) is 4.58. The lowest BCUT2D eigenvalue weighted by Gasteiger charge is -2.28. The van der Waals surface area contributed by atoms with Crippen LogP contribution in [0.2, 0.25) is 0 Å². The number of rotatable bonds is 1. The fourth-order valence-electron chi connectivity index (χ4n) is 1.83. The van der Waals surface area contributed by atoms with Crippen LogP contribution in [0, 0.1) is 0 Å². The van der Waals surface area contributed by atoms with Crippen LogP contribution < -0.4 is 5.32 Å². The minimum atomic E-state index is -1.00. The maximum absolute atomic E-state index is 10.7. The Morgan fingerprint density at radius 3 is 2.93 bits per heavy atom. The molecule has 4 nitrogen and oxygen atoms in total. The van der Waals surface area contributed by atoms with E-state index >= 15 is 0 Å². The van der Waals surface area contributed by atoms with Gasteiger partial charge in [-0.15, -0.1) is 0 Å². The van der Waals surface area contributed by atoms with Gasteiger partial charge in [-0.3, -0.25) is 0 Å². The molecule has 0 amide bonds. The zero-order valence-electron chi connectivity index (χ0n) is 8.26. The molecule has 2 N–H and O–H groups in total. The van der Waals surface area contributed by atoms with E-state index in [0.29, 0.717) is 6.54 Å². The predicted molar refractivity (Wildman–Crippen MR) is 50.4 cm³/mol. The number of fused-ring (bicyclic) bond motifs is 1. The van der Waals surface area contributed by atoms with Crippen molar-refractivity contribution in [1.29, 1.82) is 0 Å². The van der Waals surface area contributed by atoms with Gasteiger partial charge in [0, 0.05) is 24.1 Å². The Hall–Kier alpha value is -1.29. The average molecular weight is 195 g/mol. The zero-order chi connectivity index (χ0) is 10.3. The van der Waals surface area contributed by atoms with Crippen LogP contribution in [-0.2, 0) is 12.0 Å². The fraction of sp³-hybridized carbons (Fsp3) is 0.500. The monoisotopic (exact) mass is 195 g/mol. The number of hydrogen-bond acceptors (Lipinski definition) is 3. The van der Waals surface area contributed by atoms with Gasteiger partial charge in [0.2, 0.25) is 5.76 Å². The number of nitrogens with one attached hydrogen (secondary N) is 1. The molecule has 0 bridgehead atoms. The van der Waals surface area contributed by atoms with Crippen molar-refractivity contribution in [3.8, 4) is 0 Å². The molecule has 0 unspecified atom stereocenters. The summed E-state index contributed by atoms with van der Waals surface area (Å²) in [5.41, 5.74) is 0.833. The van der Waals surface area contributed by atoms with Gasteiger partial charge in [-0.25, -0.2) is 4.79 Å². The summed E-state index contributed by atoms with van der Waals surface area (Å²) in [6.45, 7) is 5.57. The topological polar surface area (TPSA) is 62.5 Å². The van der Waals surface area contributed by atoms with Crippen LogP contribution in [0.1, 0.15) is 35.7 Å². The number of aromatic carboxylic acids is 1. The van der Waals surface area contributed by atoms with E-state index in [0.717, 1.165) is 17.9 Å². The van der Waals surface area contributed by atoms with Crippen molar-refractivity contribution in [2.45, 2.75) is 25.8 Å². The minimum absolute atomic E-state index is 0.0341. The SMILES string of the molecule is CC1(C)CNCc2cc(C(=O)O)oc21. The Morgan fingerprint density at radius 2 is 2.36 bits per heavy atom. The number of hydrogen-bond donors (Lipinski definition) is 2. The van der Waals surface area contributed by atoms with E-state index < -0.39 is 5.97 Å². The first-order valence-electron chi connectivity index (χ1n) is 4.58. The Morgan fingerprint density at radius 1 is 1.64 bits per heavy atom. The molecular weight excluding hydrogens is 182 g/mol. The lowest BCUT2D eigenvalue weighted by atomic mass is 9.85. The van der Waals surface area contributed by atoms with Crippen LogP contribution >= 0.6 is 0 Å². The number of carboxylic acids is 1. The van der Waals surface area contributed by atoms with Gasteiger partial charge in [-0.1, -0.05) is 13.8 Å². The van der Waals surface area contributed by atoms with Crippen LogP contribution in [0.15, 0.2) is 10.5 Å². The molecule has 2 heterocycles. The van der Waals surface area contributed by atoms with Crippen molar-refractivity contribution >= 4 is 5.97 Å². The summed E-state index contributed by atoms with van der Waals surface area (Å²) >= 11 is 0. The van der Waals surface area contributed by atoms with Gasteiger partial charge < -0.3 is 14.8 Å². The summed E-state index contributed by atoms with van der Waals surface area (Å²) in [4.78, 5) is 10.7. The second kappa shape index (κ2) is 2.85. The third-order valence-electron chi connectivity index (χ3n) is 2.52. The normalized spacial score (nSPS) is 19.0. The Labute approximate surface area is 81.9 Å². The van der Waals surface area contributed by atoms with E-state index in [9.17, 15) is 4.79 Å². The van der Waals surface area contributed by atoms with Gasteiger partial charge >= 0.3 is 5.97 Å². The quantitative estimate of drug-likeness (QED) is 0.710. The first kappa shape index (κ1) is 9.27. The van der Waals surface area contributed by atoms with Crippen LogP contribution in [-0.4, -0.2) is 17.6 Å². The standard InChI is InChI=1S/C10H13NO3/c1-10(2)5-11-4-6-3-7(9(12)13)14-8(6)10/h3,11H,4-5H2,1-2H3,(H,12,13). The van der Waals surface area contributed by atoms with E-state index in [1.165, 1.54) is 0 Å². The second-order valence-corrected chi connectivity index (χ2v) is 4.26. The molecule has 0 aromatic carbocycles. The molecule has 1 aliphatic heterocycles. The molecular formula is C10H13NO3. The van der Waals surface area contributed by atoms with Gasteiger partial charge in [0.1, 0.15) is 5.76 Å². The highest BCUT2D eigenvalue weighted by atomic mass is 16.4. The molecule has 4 heteroatoms. The number of furan rings is 1. The smallest absolute Gasteiger partial charge is 0.371 e. The molecule has 0 spiro atoms. The summed E-state index contributed by atoms with van der Waals surface area (Å²) in [6.07, 6.45) is 0. The summed E-state index contributed by atoms with van der Waals surface area (Å²) < 4.78 is 5.34. The van der Waals surface area contributed by atoms with Crippen molar-refractivity contribution in [3.63, 3.8) is 0 Å². The maximum atomic E-state index is 10.7. The Balaban J connectivity index is 2.49. The Bertz CT molecular complexity index is 379. The lowest BCUT2D eigenvalue weighted by Crippen LogP contribution is -2.37. The van der Waals surface area contributed by atoms with Crippen LogP contribution in [0.3, 0.4) is 0 Å². The van der Waals surface area contributed by atoms with Crippen molar-refractivity contribution in [1.82, 2.24) is 5.32 Å². The van der Waals surface area contributed by atoms with Crippen LogP contribution in [0.25, 0.3) is 0 Å². The van der Waals surface area contributed by atoms with Gasteiger partial charge in [-0.2, -0.15) is 0 Å². The van der Waals surface area contributed by atoms with Gasteiger partial charge in [0.15, 0.2) is 0 Å². The van der Waals surface area contributed by atoms with Gasteiger partial charge in [-0.05, 0) is 6.07 Å². The van der Waals surface area contributed by atoms with Crippen molar-refractivity contribution in [2.24, 2.45) is 0 Å². The molecule has 0 radical (unpaired) electrons. The number of carboxylic acid groups (broad SMARTS) is 1. The summed E-state index contributed by atoms with van der Waals surface area (Å²) in [6, 6.07) is 1.60. The predicted octanol–water partition coefficient (Wildman–Crippen LogP) is 1.36. The lowest BCUT2D eigenvalue weighted by molar-refractivity contribution is 0.0658. The Kier molecular flexibility index (Phi) is 1.89. The highest BCUT2D eigenvalue weighted by Gasteiger charge is 2.32. The summed E-state index contributed by atoms with van der Waals surface area (Å²) in [7, 11) is 0. The molecule has 0 aliphatic carbocycles. The summed E-state index contributed by atoms with van der Waals surface area (Å²) in [5.74, 6) is -0.171. The van der Waals surface area contributed by atoms with Crippen LogP contribution in [0.5, 0.6) is 0 Å². The average Bonchev–Trinajstić information content (AvgIpc) is 2.48. The molecule has 14 heavy (non-hydrogen) atoms. The summed E-state index contributed by atoms with van der Waals surface area (Å²) in [5, 5.41) is 12.0. The van der Waals surface area contributed by atoms with E-state index in [2.05, 4.69) is 5.32 Å². The minimum Gasteiger partial charge on any atom is -0.475 e. The largest absolute Gasteiger partial charge is 0.475 e. The zero-order valence-corrected chi connectivity index (χ0v) is 8.26. The van der Waals surface area contributed by atoms with E-state index in [1.807, 2.05) is 13.8 Å². The molecule has 2 rings (SSSR count). The molecule has 0 saturated carbocycles. The molecule has 76 valence electrons. The van der Waals surface area contributed by atoms with Crippen LogP contribution in [0.4, 0.5) is 0 Å². The molecule has 1 aromatic heterocycles. The van der Waals surface area contributed by atoms with Gasteiger partial charge in [0.05, 0.1) is 0 Å². The highest BCUT2D eigenvalue weighted by Crippen LogP contribution is 2.31. The third kappa shape index (κ3) is 1.32. The van der Waals surface area contributed by atoms with E-state index in [-0.39, 0.29) is 11.2 Å². The van der Waals surface area contributed by atoms with E-state index in [4.69, 9.17) is 9.52 Å². The molecule has 1 aliphatic rings. The molecule has 0 fully saturated rings. The maximum Gasteiger partial charge on any atom is 0.371 e. The van der Waals surface area contributed by atoms with Crippen molar-refractivity contribution < 1.29 is 14.3 Å². The fourth-order valence-corrected chi connectivity index (χ4v) is 1.83. The second-order valence-electron chi connectivity index (χ2n) is 4.26.